The van der Waals surface area contributed by atoms with E-state index in [1.165, 1.54) is 17.0 Å². The van der Waals surface area contributed by atoms with Crippen LogP contribution in [0.4, 0.5) is 15.8 Å². The molecule has 0 spiro atoms. The number of rotatable bonds is 6. The lowest BCUT2D eigenvalue weighted by Crippen LogP contribution is -2.30. The van der Waals surface area contributed by atoms with Gasteiger partial charge in [0, 0.05) is 35.6 Å². The number of nitrogens with zero attached hydrogens (tertiary/aromatic N) is 2. The normalized spacial score (nSPS) is 19.2. The van der Waals surface area contributed by atoms with Crippen molar-refractivity contribution < 1.29 is 23.8 Å². The van der Waals surface area contributed by atoms with E-state index in [2.05, 4.69) is 4.90 Å². The summed E-state index contributed by atoms with van der Waals surface area (Å²) >= 11 is 0. The lowest BCUT2D eigenvalue weighted by atomic mass is 9.94. The van der Waals surface area contributed by atoms with Gasteiger partial charge in [-0.3, -0.25) is 14.5 Å². The first-order valence-corrected chi connectivity index (χ1v) is 12.1. The Morgan fingerprint density at radius 1 is 0.944 bits per heavy atom. The zero-order valence-electron chi connectivity index (χ0n) is 20.0. The van der Waals surface area contributed by atoms with Crippen LogP contribution >= 0.6 is 0 Å². The van der Waals surface area contributed by atoms with Crippen molar-refractivity contribution >= 4 is 28.8 Å². The van der Waals surface area contributed by atoms with Gasteiger partial charge in [0.25, 0.3) is 11.7 Å². The van der Waals surface area contributed by atoms with Gasteiger partial charge in [0.15, 0.2) is 0 Å². The molecule has 0 bridgehead atoms. The third-order valence-electron chi connectivity index (χ3n) is 6.68. The fraction of sp³-hybridized carbons (Fsp3) is 0.241. The fourth-order valence-corrected chi connectivity index (χ4v) is 4.92. The number of benzene rings is 3. The van der Waals surface area contributed by atoms with Gasteiger partial charge in [0.05, 0.1) is 18.2 Å². The van der Waals surface area contributed by atoms with Gasteiger partial charge in [0.2, 0.25) is 0 Å². The number of hydrogen-bond acceptors (Lipinski definition) is 5. The van der Waals surface area contributed by atoms with Gasteiger partial charge in [-0.1, -0.05) is 18.2 Å². The van der Waals surface area contributed by atoms with Gasteiger partial charge < -0.3 is 14.7 Å². The van der Waals surface area contributed by atoms with Crippen molar-refractivity contribution in [2.45, 2.75) is 25.8 Å². The number of carbonyl (C=O) groups is 2. The highest BCUT2D eigenvalue weighted by Crippen LogP contribution is 2.43. The Kier molecular flexibility index (Phi) is 6.46. The third-order valence-corrected chi connectivity index (χ3v) is 6.68. The standard InChI is InChI=1S/C29H27FN2O4/c1-2-36-22-15-9-19(10-16-22)27(33)25-26(23-7-3-4-8-24(23)30)32(29(35)28(25)34)21-13-11-20(12-14-21)31-17-5-6-18-31/h3-4,7-16,26,33H,2,5-6,17-18H2,1H3/b27-25+. The second kappa shape index (κ2) is 9.85. The SMILES string of the molecule is CCOc1ccc(/C(O)=C2\C(=O)C(=O)N(c3ccc(N4CCCC4)cc3)C2c2ccccc2F)cc1. The molecule has 184 valence electrons. The number of ketones is 1. The van der Waals surface area contributed by atoms with Crippen LogP contribution in [0, 0.1) is 5.82 Å². The number of aliphatic hydroxyl groups is 1. The number of carbonyl (C=O) groups excluding carboxylic acids is 2. The first kappa shape index (κ1) is 23.6. The molecule has 3 aromatic carbocycles. The van der Waals surface area contributed by atoms with Crippen LogP contribution in [-0.2, 0) is 9.59 Å². The first-order valence-electron chi connectivity index (χ1n) is 12.1. The summed E-state index contributed by atoms with van der Waals surface area (Å²) in [6, 6.07) is 18.8. The fourth-order valence-electron chi connectivity index (χ4n) is 4.92. The second-order valence-electron chi connectivity index (χ2n) is 8.86. The molecule has 2 saturated heterocycles. The van der Waals surface area contributed by atoms with E-state index in [0.717, 1.165) is 31.6 Å². The largest absolute Gasteiger partial charge is 0.507 e. The van der Waals surface area contributed by atoms with Crippen LogP contribution in [0.3, 0.4) is 0 Å². The molecular weight excluding hydrogens is 459 g/mol. The van der Waals surface area contributed by atoms with Crippen molar-refractivity contribution in [2.75, 3.05) is 29.5 Å². The molecule has 2 aliphatic heterocycles. The molecule has 7 heteroatoms. The number of hydrogen-bond donors (Lipinski definition) is 1. The molecule has 1 N–H and O–H groups in total. The van der Waals surface area contributed by atoms with Crippen molar-refractivity contribution in [3.8, 4) is 5.75 Å². The minimum Gasteiger partial charge on any atom is -0.507 e. The topological polar surface area (TPSA) is 70.1 Å². The molecule has 2 heterocycles. The van der Waals surface area contributed by atoms with Crippen LogP contribution in [0.5, 0.6) is 5.75 Å². The van der Waals surface area contributed by atoms with Crippen LogP contribution in [0.15, 0.2) is 78.4 Å². The van der Waals surface area contributed by atoms with Gasteiger partial charge in [-0.25, -0.2) is 4.39 Å². The maximum atomic E-state index is 15.1. The highest BCUT2D eigenvalue weighted by Gasteiger charge is 2.47. The van der Waals surface area contributed by atoms with E-state index in [0.29, 0.717) is 23.6 Å². The summed E-state index contributed by atoms with van der Waals surface area (Å²) in [5.41, 5.74) is 1.80. The van der Waals surface area contributed by atoms with Gasteiger partial charge >= 0.3 is 0 Å². The maximum absolute atomic E-state index is 15.1. The zero-order chi connectivity index (χ0) is 25.2. The summed E-state index contributed by atoms with van der Waals surface area (Å²) in [6.07, 6.45) is 2.27. The van der Waals surface area contributed by atoms with E-state index in [1.807, 2.05) is 19.1 Å². The Hall–Kier alpha value is -4.13. The zero-order valence-corrected chi connectivity index (χ0v) is 20.0. The Labute approximate surface area is 209 Å². The Morgan fingerprint density at radius 2 is 1.58 bits per heavy atom. The minimum absolute atomic E-state index is 0.132. The Bertz CT molecular complexity index is 1310. The summed E-state index contributed by atoms with van der Waals surface area (Å²) in [4.78, 5) is 30.1. The Morgan fingerprint density at radius 3 is 2.22 bits per heavy atom. The summed E-state index contributed by atoms with van der Waals surface area (Å²) in [5.74, 6) is -2.00. The molecule has 1 unspecified atom stereocenters. The van der Waals surface area contributed by atoms with E-state index in [4.69, 9.17) is 4.74 Å². The number of Topliss-reactive ketones (excluding diaryl/α,β-unsaturated/α-hetero) is 1. The lowest BCUT2D eigenvalue weighted by molar-refractivity contribution is -0.132. The first-order chi connectivity index (χ1) is 17.5. The van der Waals surface area contributed by atoms with Crippen LogP contribution in [0.2, 0.25) is 0 Å². The summed E-state index contributed by atoms with van der Waals surface area (Å²) in [7, 11) is 0. The van der Waals surface area contributed by atoms with Gasteiger partial charge in [-0.05, 0) is 74.4 Å². The lowest BCUT2D eigenvalue weighted by Gasteiger charge is -2.26. The Balaban J connectivity index is 1.61. The number of amides is 1. The van der Waals surface area contributed by atoms with Crippen molar-refractivity contribution in [3.63, 3.8) is 0 Å². The smallest absolute Gasteiger partial charge is 0.300 e. The molecular formula is C29H27FN2O4. The van der Waals surface area contributed by atoms with Crippen molar-refractivity contribution in [1.29, 1.82) is 0 Å². The highest BCUT2D eigenvalue weighted by atomic mass is 19.1. The van der Waals surface area contributed by atoms with Crippen molar-refractivity contribution in [2.24, 2.45) is 0 Å². The molecule has 36 heavy (non-hydrogen) atoms. The third kappa shape index (κ3) is 4.21. The maximum Gasteiger partial charge on any atom is 0.300 e. The average molecular weight is 487 g/mol. The molecule has 2 aliphatic rings. The van der Waals surface area contributed by atoms with E-state index in [1.54, 1.807) is 48.5 Å². The number of ether oxygens (including phenoxy) is 1. The van der Waals surface area contributed by atoms with Gasteiger partial charge in [-0.15, -0.1) is 0 Å². The van der Waals surface area contributed by atoms with E-state index >= 15 is 4.39 Å². The molecule has 1 amide bonds. The predicted molar refractivity (Wildman–Crippen MR) is 137 cm³/mol. The monoisotopic (exact) mass is 486 g/mol. The molecule has 3 aromatic rings. The molecule has 1 atom stereocenters. The van der Waals surface area contributed by atoms with Crippen LogP contribution in [0.25, 0.3) is 5.76 Å². The number of anilines is 2. The second-order valence-corrected chi connectivity index (χ2v) is 8.86. The molecule has 0 saturated carbocycles. The van der Waals surface area contributed by atoms with Crippen LogP contribution in [0.1, 0.15) is 36.9 Å². The molecule has 0 aliphatic carbocycles. The molecule has 2 fully saturated rings. The molecule has 6 nitrogen and oxygen atoms in total. The van der Waals surface area contributed by atoms with E-state index < -0.39 is 23.5 Å². The molecule has 0 radical (unpaired) electrons. The average Bonchev–Trinajstić information content (AvgIpc) is 3.52. The van der Waals surface area contributed by atoms with E-state index in [9.17, 15) is 14.7 Å². The number of aliphatic hydroxyl groups excluding tert-OH is 1. The highest BCUT2D eigenvalue weighted by molar-refractivity contribution is 6.51. The van der Waals surface area contributed by atoms with Crippen molar-refractivity contribution in [3.05, 3.63) is 95.3 Å². The predicted octanol–water partition coefficient (Wildman–Crippen LogP) is 5.45. The molecule has 5 rings (SSSR count). The van der Waals surface area contributed by atoms with Crippen LogP contribution in [-0.4, -0.2) is 36.5 Å². The summed E-state index contributed by atoms with van der Waals surface area (Å²) < 4.78 is 20.5. The van der Waals surface area contributed by atoms with E-state index in [-0.39, 0.29) is 16.9 Å². The van der Waals surface area contributed by atoms with Gasteiger partial charge in [0.1, 0.15) is 17.3 Å². The van der Waals surface area contributed by atoms with Gasteiger partial charge in [-0.2, -0.15) is 0 Å². The quantitative estimate of drug-likeness (QED) is 0.285. The summed E-state index contributed by atoms with van der Waals surface area (Å²) in [5, 5.41) is 11.2. The minimum atomic E-state index is -1.12. The van der Waals surface area contributed by atoms with Crippen LogP contribution < -0.4 is 14.5 Å². The summed E-state index contributed by atoms with van der Waals surface area (Å²) in [6.45, 7) is 4.30. The number of halogens is 1. The molecule has 0 aromatic heterocycles. The van der Waals surface area contributed by atoms with Crippen molar-refractivity contribution in [1.82, 2.24) is 0 Å².